The Morgan fingerprint density at radius 2 is 0.327 bits per heavy atom. The fraction of sp³-hybridized carbons (Fsp3) is 1.00. The van der Waals surface area contributed by atoms with E-state index in [1.54, 1.807) is 43.9 Å². The molecule has 0 radical (unpaired) electrons. The Labute approximate surface area is 315 Å². The monoisotopic (exact) mass is 708 g/mol. The van der Waals surface area contributed by atoms with Gasteiger partial charge in [0.1, 0.15) is 0 Å². The zero-order valence-electron chi connectivity index (χ0n) is 35.6. The van der Waals surface area contributed by atoms with E-state index in [9.17, 15) is 0 Å². The van der Waals surface area contributed by atoms with Gasteiger partial charge in [-0.05, 0) is 44.9 Å². The summed E-state index contributed by atoms with van der Waals surface area (Å²) >= 11 is 0. The van der Waals surface area contributed by atoms with Gasteiger partial charge in [0, 0.05) is 7.26 Å². The smallest absolute Gasteiger partial charge is 0.0594 e. The minimum absolute atomic E-state index is 0.743. The van der Waals surface area contributed by atoms with E-state index in [0.29, 0.717) is 0 Å². The van der Waals surface area contributed by atoms with Gasteiger partial charge in [-0.25, -0.2) is 0 Å². The first-order valence-corrected chi connectivity index (χ1v) is 26.6. The maximum atomic E-state index is 2.51. The Balaban J connectivity index is 4.33. The molecule has 0 nitrogen and oxygen atoms in total. The van der Waals surface area contributed by atoms with Crippen LogP contribution in [0.25, 0.3) is 0 Å². The topological polar surface area (TPSA) is 0 Å². The van der Waals surface area contributed by atoms with Crippen LogP contribution in [0.4, 0.5) is 0 Å². The minimum Gasteiger partial charge on any atom is -0.0654 e. The van der Waals surface area contributed by atoms with E-state index in [4.69, 9.17) is 0 Å². The molecule has 0 unspecified atom stereocenters. The van der Waals surface area contributed by atoms with Crippen LogP contribution in [-0.2, 0) is 0 Å². The van der Waals surface area contributed by atoms with Gasteiger partial charge in [0.15, 0.2) is 0 Å². The predicted molar refractivity (Wildman–Crippen MR) is 234 cm³/mol. The van der Waals surface area contributed by atoms with Crippen molar-refractivity contribution in [3.63, 3.8) is 0 Å². The van der Waals surface area contributed by atoms with E-state index in [2.05, 4.69) is 27.7 Å². The van der Waals surface area contributed by atoms with Crippen LogP contribution >= 0.6 is 7.26 Å². The largest absolute Gasteiger partial charge is 0.0654 e. The van der Waals surface area contributed by atoms with E-state index in [1.165, 1.54) is 238 Å². The summed E-state index contributed by atoms with van der Waals surface area (Å²) in [6.45, 7) is 9.48. The molecule has 0 aliphatic rings. The lowest BCUT2D eigenvalue weighted by Gasteiger charge is -2.28. The predicted octanol–water partition coefficient (Wildman–Crippen LogP) is 18.7. The quantitative estimate of drug-likeness (QED) is 0.0437. The van der Waals surface area contributed by atoms with Crippen LogP contribution in [0.3, 0.4) is 0 Å². The van der Waals surface area contributed by atoms with Gasteiger partial charge in [-0.2, -0.15) is 0 Å². The molecule has 49 heavy (non-hydrogen) atoms. The van der Waals surface area contributed by atoms with Crippen molar-refractivity contribution in [1.29, 1.82) is 0 Å². The maximum Gasteiger partial charge on any atom is 0.0594 e. The molecule has 0 atom stereocenters. The Kier molecular flexibility index (Phi) is 43.2. The van der Waals surface area contributed by atoms with Gasteiger partial charge in [-0.15, -0.1) is 0 Å². The van der Waals surface area contributed by atoms with Crippen LogP contribution in [0, 0.1) is 0 Å². The van der Waals surface area contributed by atoms with Gasteiger partial charge < -0.3 is 0 Å². The second-order valence-electron chi connectivity index (χ2n) is 17.0. The lowest BCUT2D eigenvalue weighted by Crippen LogP contribution is -2.13. The normalized spacial score (nSPS) is 12.0. The number of hydrogen-bond donors (Lipinski definition) is 0. The third kappa shape index (κ3) is 38.0. The van der Waals surface area contributed by atoms with Gasteiger partial charge in [0.25, 0.3) is 0 Å². The minimum atomic E-state index is -0.743. The zero-order chi connectivity index (χ0) is 35.6. The van der Waals surface area contributed by atoms with Crippen LogP contribution in [0.5, 0.6) is 0 Å². The Bertz CT molecular complexity index is 495. The first kappa shape index (κ1) is 49.4. The second-order valence-corrected chi connectivity index (χ2v) is 21.4. The van der Waals surface area contributed by atoms with Gasteiger partial charge in [-0.1, -0.05) is 240 Å². The van der Waals surface area contributed by atoms with E-state index >= 15 is 0 Å². The summed E-state index contributed by atoms with van der Waals surface area (Å²) in [5.74, 6) is 0. The zero-order valence-corrected chi connectivity index (χ0v) is 36.5. The first-order chi connectivity index (χ1) is 24.2. The molecule has 0 aliphatic carbocycles. The molecule has 0 amide bonds. The molecule has 0 aromatic rings. The molecule has 0 heterocycles. The number of unbranched alkanes of at least 4 members (excludes halogenated alkanes) is 36. The van der Waals surface area contributed by atoms with Crippen molar-refractivity contribution < 1.29 is 0 Å². The summed E-state index contributed by atoms with van der Waals surface area (Å²) in [7, 11) is -0.743. The van der Waals surface area contributed by atoms with E-state index < -0.39 is 7.26 Å². The molecule has 1 heteroatoms. The summed E-state index contributed by atoms with van der Waals surface area (Å²) in [5.41, 5.74) is 0. The van der Waals surface area contributed by atoms with Crippen LogP contribution in [0.2, 0.25) is 0 Å². The SMILES string of the molecule is CCCCCCCCCCCCCCC[P+](CCC)(CCCCCCCCCCCCCCC)CCCCCCCCCCCCCCC. The summed E-state index contributed by atoms with van der Waals surface area (Å²) in [5, 5.41) is 0. The highest BCUT2D eigenvalue weighted by atomic mass is 31.2. The number of hydrogen-bond acceptors (Lipinski definition) is 0. The summed E-state index contributed by atoms with van der Waals surface area (Å²) < 4.78 is 0. The Hall–Kier alpha value is 0.430. The van der Waals surface area contributed by atoms with Crippen molar-refractivity contribution in [2.45, 2.75) is 285 Å². The van der Waals surface area contributed by atoms with Crippen LogP contribution in [0.1, 0.15) is 285 Å². The highest BCUT2D eigenvalue weighted by molar-refractivity contribution is 7.75. The van der Waals surface area contributed by atoms with Crippen molar-refractivity contribution in [3.05, 3.63) is 0 Å². The third-order valence-electron chi connectivity index (χ3n) is 11.9. The molecular formula is C48H100P+. The fourth-order valence-corrected chi connectivity index (χ4v) is 13.5. The molecular weight excluding hydrogens is 608 g/mol. The molecule has 0 saturated heterocycles. The molecule has 0 N–H and O–H groups in total. The van der Waals surface area contributed by atoms with Gasteiger partial charge in [-0.3, -0.25) is 0 Å². The molecule has 296 valence electrons. The highest BCUT2D eigenvalue weighted by Gasteiger charge is 2.34. The molecule has 0 rings (SSSR count). The maximum absolute atomic E-state index is 2.51. The van der Waals surface area contributed by atoms with Crippen molar-refractivity contribution in [2.24, 2.45) is 0 Å². The fourth-order valence-electron chi connectivity index (χ4n) is 8.54. The van der Waals surface area contributed by atoms with Gasteiger partial charge in [0.2, 0.25) is 0 Å². The van der Waals surface area contributed by atoms with Crippen molar-refractivity contribution in [3.8, 4) is 0 Å². The van der Waals surface area contributed by atoms with Crippen molar-refractivity contribution >= 4 is 7.26 Å². The first-order valence-electron chi connectivity index (χ1n) is 24.1. The lowest BCUT2D eigenvalue weighted by atomic mass is 10.0. The van der Waals surface area contributed by atoms with E-state index in [0.717, 1.165) is 0 Å². The molecule has 0 spiro atoms. The van der Waals surface area contributed by atoms with E-state index in [1.807, 2.05) is 0 Å². The van der Waals surface area contributed by atoms with Crippen LogP contribution in [0.15, 0.2) is 0 Å². The molecule has 0 bridgehead atoms. The van der Waals surface area contributed by atoms with E-state index in [-0.39, 0.29) is 0 Å². The molecule has 0 aromatic carbocycles. The molecule has 0 fully saturated rings. The average molecular weight is 708 g/mol. The lowest BCUT2D eigenvalue weighted by molar-refractivity contribution is 0.541. The summed E-state index contributed by atoms with van der Waals surface area (Å²) in [6, 6.07) is 0. The third-order valence-corrected chi connectivity index (χ3v) is 17.1. The summed E-state index contributed by atoms with van der Waals surface area (Å²) in [4.78, 5) is 0. The average Bonchev–Trinajstić information content (AvgIpc) is 3.11. The molecule has 0 aromatic heterocycles. The Morgan fingerprint density at radius 1 is 0.163 bits per heavy atom. The second kappa shape index (κ2) is 42.8. The van der Waals surface area contributed by atoms with Crippen LogP contribution in [-0.4, -0.2) is 24.6 Å². The van der Waals surface area contributed by atoms with Gasteiger partial charge >= 0.3 is 0 Å². The van der Waals surface area contributed by atoms with Gasteiger partial charge in [0.05, 0.1) is 24.6 Å². The molecule has 0 saturated carbocycles. The Morgan fingerprint density at radius 3 is 0.490 bits per heavy atom. The van der Waals surface area contributed by atoms with Crippen molar-refractivity contribution in [2.75, 3.05) is 24.6 Å². The standard InChI is InChI=1S/C48H100P/c1-5-9-12-15-18-21-24-27-30-33-36-39-42-46-49(45-8-4,47-43-40-37-34-31-28-25-22-19-16-13-10-6-2)48-44-41-38-35-32-29-26-23-20-17-14-11-7-3/h5-48H2,1-4H3/q+1. The summed E-state index contributed by atoms with van der Waals surface area (Å²) in [6.07, 6.45) is 66.1. The van der Waals surface area contributed by atoms with Crippen molar-refractivity contribution in [1.82, 2.24) is 0 Å². The van der Waals surface area contributed by atoms with Crippen LogP contribution < -0.4 is 0 Å². The highest BCUT2D eigenvalue weighted by Crippen LogP contribution is 2.61. The molecule has 0 aliphatic heterocycles. The number of rotatable bonds is 44.